The van der Waals surface area contributed by atoms with Gasteiger partial charge in [0.05, 0.1) is 11.6 Å². The minimum absolute atomic E-state index is 0.384. The molecule has 108 valence electrons. The van der Waals surface area contributed by atoms with Gasteiger partial charge in [0.1, 0.15) is 5.78 Å². The van der Waals surface area contributed by atoms with Crippen LogP contribution in [0.15, 0.2) is 18.2 Å². The Morgan fingerprint density at radius 2 is 2.00 bits per heavy atom. The van der Waals surface area contributed by atoms with Crippen LogP contribution in [0, 0.1) is 11.3 Å². The minimum atomic E-state index is 0.384. The third-order valence-electron chi connectivity index (χ3n) is 4.53. The van der Waals surface area contributed by atoms with Gasteiger partial charge in [-0.2, -0.15) is 5.26 Å². The highest BCUT2D eigenvalue weighted by atomic mass is 16.1. The highest BCUT2D eigenvalue weighted by Crippen LogP contribution is 2.40. The number of carbonyl (C=O) groups is 1. The lowest BCUT2D eigenvalue weighted by molar-refractivity contribution is -0.120. The topological polar surface area (TPSA) is 56.6 Å². The molecule has 0 unspecified atom stereocenters. The highest BCUT2D eigenvalue weighted by molar-refractivity contribution is 5.87. The zero-order valence-electron chi connectivity index (χ0n) is 12.6. The maximum absolute atomic E-state index is 11.5. The van der Waals surface area contributed by atoms with Gasteiger partial charge < -0.3 is 4.98 Å². The van der Waals surface area contributed by atoms with Crippen molar-refractivity contribution in [3.8, 4) is 6.07 Å². The molecule has 0 aliphatic heterocycles. The summed E-state index contributed by atoms with van der Waals surface area (Å²) in [5, 5.41) is 10.3. The maximum Gasteiger partial charge on any atom is 0.132 e. The van der Waals surface area contributed by atoms with Gasteiger partial charge in [0.25, 0.3) is 0 Å². The van der Waals surface area contributed by atoms with Crippen LogP contribution in [0.1, 0.15) is 68.2 Å². The molecule has 3 rings (SSSR count). The van der Waals surface area contributed by atoms with Gasteiger partial charge >= 0.3 is 0 Å². The number of fused-ring (bicyclic) bond motifs is 1. The Hall–Kier alpha value is -2.08. The number of hydrogen-bond acceptors (Lipinski definition) is 2. The summed E-state index contributed by atoms with van der Waals surface area (Å²) in [6, 6.07) is 8.07. The van der Waals surface area contributed by atoms with E-state index in [4.69, 9.17) is 5.26 Å². The van der Waals surface area contributed by atoms with Gasteiger partial charge in [0, 0.05) is 29.4 Å². The number of nitrogens with one attached hydrogen (secondary N) is 1. The molecule has 1 aromatic heterocycles. The first-order chi connectivity index (χ1) is 10.1. The van der Waals surface area contributed by atoms with Gasteiger partial charge in [-0.05, 0) is 48.4 Å². The predicted molar refractivity (Wildman–Crippen MR) is 83.3 cm³/mol. The maximum atomic E-state index is 11.5. The van der Waals surface area contributed by atoms with E-state index >= 15 is 0 Å². The molecule has 1 aliphatic carbocycles. The summed E-state index contributed by atoms with van der Waals surface area (Å²) in [5.74, 6) is 1.23. The normalized spacial score (nSPS) is 16.6. The molecular weight excluding hydrogens is 260 g/mol. The van der Waals surface area contributed by atoms with E-state index in [1.807, 2.05) is 18.2 Å². The molecule has 0 bridgehead atoms. The number of carbonyl (C=O) groups excluding carboxylic acids is 1. The molecule has 1 N–H and O–H groups in total. The number of nitrogens with zero attached hydrogens (tertiary/aromatic N) is 1. The second kappa shape index (κ2) is 5.37. The largest absolute Gasteiger partial charge is 0.358 e. The number of aromatic amines is 1. The predicted octanol–water partition coefficient (Wildman–Crippen LogP) is 4.39. The highest BCUT2D eigenvalue weighted by Gasteiger charge is 2.26. The van der Waals surface area contributed by atoms with Crippen molar-refractivity contribution in [1.29, 1.82) is 5.26 Å². The van der Waals surface area contributed by atoms with E-state index in [1.54, 1.807) is 0 Å². The molecule has 0 amide bonds. The zero-order valence-corrected chi connectivity index (χ0v) is 12.6. The fourth-order valence-corrected chi connectivity index (χ4v) is 3.43. The third kappa shape index (κ3) is 2.47. The number of ketones is 1. The summed E-state index contributed by atoms with van der Waals surface area (Å²) < 4.78 is 0. The fourth-order valence-electron chi connectivity index (χ4n) is 3.43. The van der Waals surface area contributed by atoms with E-state index in [9.17, 15) is 4.79 Å². The molecule has 3 heteroatoms. The molecule has 0 saturated heterocycles. The average Bonchev–Trinajstić information content (AvgIpc) is 2.86. The van der Waals surface area contributed by atoms with Crippen LogP contribution in [0.5, 0.6) is 0 Å². The van der Waals surface area contributed by atoms with E-state index in [2.05, 4.69) is 24.9 Å². The van der Waals surface area contributed by atoms with Crippen LogP contribution < -0.4 is 0 Å². The molecule has 2 aromatic rings. The molecular formula is C18H20N2O. The second-order valence-electron chi connectivity index (χ2n) is 6.29. The number of nitriles is 1. The van der Waals surface area contributed by atoms with Crippen molar-refractivity contribution in [3.05, 3.63) is 35.0 Å². The lowest BCUT2D eigenvalue weighted by Crippen LogP contribution is -2.13. The number of aromatic nitrogens is 1. The van der Waals surface area contributed by atoms with E-state index in [1.165, 1.54) is 11.3 Å². The molecule has 21 heavy (non-hydrogen) atoms. The molecule has 3 nitrogen and oxygen atoms in total. The number of Topliss-reactive ketones (excluding diaryl/α,β-unsaturated/α-hetero) is 1. The van der Waals surface area contributed by atoms with E-state index in [0.29, 0.717) is 36.0 Å². The van der Waals surface area contributed by atoms with Gasteiger partial charge in [-0.15, -0.1) is 0 Å². The van der Waals surface area contributed by atoms with E-state index < -0.39 is 0 Å². The lowest BCUT2D eigenvalue weighted by atomic mass is 9.81. The quantitative estimate of drug-likeness (QED) is 0.887. The standard InChI is InChI=1S/C18H20N2O/c1-11(2)18-17(13-4-6-14(21)7-5-13)15-9-12(10-19)3-8-16(15)20-18/h3,8-9,11,13,20H,4-7H2,1-2H3. The van der Waals surface area contributed by atoms with Gasteiger partial charge in [-0.1, -0.05) is 13.8 Å². The first-order valence-electron chi connectivity index (χ1n) is 7.67. The van der Waals surface area contributed by atoms with Crippen molar-refractivity contribution in [3.63, 3.8) is 0 Å². The fraction of sp³-hybridized carbons (Fsp3) is 0.444. The Kier molecular flexibility index (Phi) is 3.55. The summed E-state index contributed by atoms with van der Waals surface area (Å²) in [5.41, 5.74) is 4.40. The van der Waals surface area contributed by atoms with Crippen molar-refractivity contribution in [1.82, 2.24) is 4.98 Å². The number of H-pyrrole nitrogens is 1. The molecule has 1 heterocycles. The molecule has 1 aliphatic rings. The van der Waals surface area contributed by atoms with E-state index in [0.717, 1.165) is 23.7 Å². The van der Waals surface area contributed by atoms with Crippen molar-refractivity contribution < 1.29 is 4.79 Å². The summed E-state index contributed by atoms with van der Waals surface area (Å²) in [7, 11) is 0. The van der Waals surface area contributed by atoms with Crippen molar-refractivity contribution in [2.24, 2.45) is 0 Å². The van der Waals surface area contributed by atoms with Crippen molar-refractivity contribution >= 4 is 16.7 Å². The molecule has 0 atom stereocenters. The molecule has 0 radical (unpaired) electrons. The Bertz CT molecular complexity index is 723. The third-order valence-corrected chi connectivity index (χ3v) is 4.53. The molecule has 1 aromatic carbocycles. The van der Waals surface area contributed by atoms with Gasteiger partial charge in [0.2, 0.25) is 0 Å². The SMILES string of the molecule is CC(C)c1[nH]c2ccc(C#N)cc2c1C1CCC(=O)CC1. The second-order valence-corrected chi connectivity index (χ2v) is 6.29. The molecule has 0 spiro atoms. The monoisotopic (exact) mass is 280 g/mol. The van der Waals surface area contributed by atoms with Crippen LogP contribution in [-0.2, 0) is 4.79 Å². The summed E-state index contributed by atoms with van der Waals surface area (Å²) >= 11 is 0. The van der Waals surface area contributed by atoms with Crippen molar-refractivity contribution in [2.45, 2.75) is 51.4 Å². The summed E-state index contributed by atoms with van der Waals surface area (Å²) in [4.78, 5) is 15.0. The minimum Gasteiger partial charge on any atom is -0.358 e. The van der Waals surface area contributed by atoms with Crippen LogP contribution >= 0.6 is 0 Å². The van der Waals surface area contributed by atoms with Crippen LogP contribution in [0.4, 0.5) is 0 Å². The Balaban J connectivity index is 2.15. The van der Waals surface area contributed by atoms with Crippen LogP contribution in [0.25, 0.3) is 10.9 Å². The average molecular weight is 280 g/mol. The first-order valence-corrected chi connectivity index (χ1v) is 7.67. The Morgan fingerprint density at radius 1 is 1.29 bits per heavy atom. The lowest BCUT2D eigenvalue weighted by Gasteiger charge is -2.23. The summed E-state index contributed by atoms with van der Waals surface area (Å²) in [6.45, 7) is 4.38. The zero-order chi connectivity index (χ0) is 15.0. The van der Waals surface area contributed by atoms with Gasteiger partial charge in [-0.3, -0.25) is 4.79 Å². The molecule has 1 saturated carbocycles. The first kappa shape index (κ1) is 13.9. The van der Waals surface area contributed by atoms with Gasteiger partial charge in [0.15, 0.2) is 0 Å². The van der Waals surface area contributed by atoms with Crippen LogP contribution in [0.2, 0.25) is 0 Å². The van der Waals surface area contributed by atoms with Crippen molar-refractivity contribution in [2.75, 3.05) is 0 Å². The Morgan fingerprint density at radius 3 is 2.62 bits per heavy atom. The van der Waals surface area contributed by atoms with Gasteiger partial charge in [-0.25, -0.2) is 0 Å². The smallest absolute Gasteiger partial charge is 0.132 e. The number of rotatable bonds is 2. The van der Waals surface area contributed by atoms with E-state index in [-0.39, 0.29) is 0 Å². The van der Waals surface area contributed by atoms with Crippen LogP contribution in [-0.4, -0.2) is 10.8 Å². The van der Waals surface area contributed by atoms with Crippen LogP contribution in [0.3, 0.4) is 0 Å². The Labute approximate surface area is 125 Å². The summed E-state index contributed by atoms with van der Waals surface area (Å²) in [6.07, 6.45) is 3.24. The number of benzene rings is 1. The molecule has 1 fully saturated rings. The number of hydrogen-bond donors (Lipinski definition) is 1.